The van der Waals surface area contributed by atoms with E-state index in [4.69, 9.17) is 0 Å². The molecule has 7 nitrogen and oxygen atoms in total. The lowest BCUT2D eigenvalue weighted by Gasteiger charge is -2.18. The molecule has 0 aliphatic carbocycles. The maximum atomic E-state index is 14.7. The summed E-state index contributed by atoms with van der Waals surface area (Å²) in [7, 11) is -3.80. The Morgan fingerprint density at radius 2 is 1.92 bits per heavy atom. The van der Waals surface area contributed by atoms with Gasteiger partial charge in [0.15, 0.2) is 11.8 Å². The Labute approximate surface area is 135 Å². The predicted octanol–water partition coefficient (Wildman–Crippen LogP) is 2.17. The number of hydrogen-bond acceptors (Lipinski definition) is 6. The maximum Gasteiger partial charge on any atom is 0.388 e. The number of halogens is 4. The van der Waals surface area contributed by atoms with E-state index in [1.54, 1.807) is 0 Å². The minimum absolute atomic E-state index is 0.196. The summed E-state index contributed by atoms with van der Waals surface area (Å²) in [5.74, 6) is -0.771. The fourth-order valence-electron chi connectivity index (χ4n) is 2.15. The Balaban J connectivity index is 2.48. The number of sulfone groups is 1. The van der Waals surface area contributed by atoms with Gasteiger partial charge in [0, 0.05) is 7.05 Å². The smallest absolute Gasteiger partial charge is 0.388 e. The molecule has 1 aliphatic rings. The molecule has 1 aromatic heterocycles. The van der Waals surface area contributed by atoms with Crippen molar-refractivity contribution in [3.05, 3.63) is 11.3 Å². The zero-order chi connectivity index (χ0) is 18.4. The first kappa shape index (κ1) is 18.5. The highest BCUT2D eigenvalue weighted by molar-refractivity contribution is 8.06. The topological polar surface area (TPSA) is 82.8 Å². The van der Waals surface area contributed by atoms with Crippen molar-refractivity contribution in [2.75, 3.05) is 0 Å². The van der Waals surface area contributed by atoms with Gasteiger partial charge in [0.2, 0.25) is 26.3 Å². The summed E-state index contributed by atoms with van der Waals surface area (Å²) in [5, 5.41) is 5.63. The zero-order valence-corrected chi connectivity index (χ0v) is 13.9. The Kier molecular flexibility index (Phi) is 4.55. The summed E-state index contributed by atoms with van der Waals surface area (Å²) < 4.78 is 83.4. The van der Waals surface area contributed by atoms with Crippen molar-refractivity contribution < 1.29 is 35.6 Å². The molecular weight excluding hydrogens is 358 g/mol. The van der Waals surface area contributed by atoms with E-state index < -0.39 is 50.2 Å². The highest BCUT2D eigenvalue weighted by Crippen LogP contribution is 2.39. The van der Waals surface area contributed by atoms with Gasteiger partial charge >= 0.3 is 6.61 Å². The Bertz CT molecular complexity index is 776. The van der Waals surface area contributed by atoms with Crippen LogP contribution in [0.15, 0.2) is 5.16 Å². The second-order valence-corrected chi connectivity index (χ2v) is 7.58. The second kappa shape index (κ2) is 5.90. The average Bonchev–Trinajstić information content (AvgIpc) is 2.86. The molecule has 1 aromatic rings. The molecule has 0 aromatic carbocycles. The van der Waals surface area contributed by atoms with Crippen LogP contribution in [0, 0.1) is 6.92 Å². The summed E-state index contributed by atoms with van der Waals surface area (Å²) in [6, 6.07) is 0. The van der Waals surface area contributed by atoms with Gasteiger partial charge in [-0.25, -0.2) is 21.9 Å². The molecule has 2 atom stereocenters. The summed E-state index contributed by atoms with van der Waals surface area (Å²) in [5.41, 5.74) is -5.42. The number of ether oxygens (including phenoxy) is 1. The van der Waals surface area contributed by atoms with Crippen molar-refractivity contribution in [3.63, 3.8) is 0 Å². The second-order valence-electron chi connectivity index (χ2n) is 5.65. The van der Waals surface area contributed by atoms with Crippen LogP contribution in [0.3, 0.4) is 0 Å². The number of nitrogens with zero attached hydrogens (tertiary/aromatic N) is 3. The zero-order valence-electron chi connectivity index (χ0n) is 13.1. The predicted molar refractivity (Wildman–Crippen MR) is 74.8 cm³/mol. The first-order chi connectivity index (χ1) is 10.9. The fraction of sp³-hybridized carbons (Fsp3) is 0.667. The Morgan fingerprint density at radius 3 is 2.38 bits per heavy atom. The standard InChI is InChI=1S/C12H15F4N3O4S/c1-5-6(10(19(4)17-5)22-11(15)16)8(14)24(20,21)9-7(13)12(2,3)23-18-9/h7-8,11H,1-4H3. The molecule has 0 bridgehead atoms. The molecule has 0 saturated carbocycles. The lowest BCUT2D eigenvalue weighted by Crippen LogP contribution is -2.38. The van der Waals surface area contributed by atoms with Crippen LogP contribution in [0.25, 0.3) is 0 Å². The molecule has 1 aliphatic heterocycles. The van der Waals surface area contributed by atoms with E-state index in [1.807, 2.05) is 0 Å². The van der Waals surface area contributed by atoms with E-state index in [2.05, 4.69) is 19.8 Å². The van der Waals surface area contributed by atoms with Crippen molar-refractivity contribution in [2.24, 2.45) is 12.2 Å². The van der Waals surface area contributed by atoms with E-state index in [9.17, 15) is 26.0 Å². The van der Waals surface area contributed by atoms with Crippen LogP contribution in [0.1, 0.15) is 30.6 Å². The molecule has 2 unspecified atom stereocenters. The highest BCUT2D eigenvalue weighted by atomic mass is 32.2. The van der Waals surface area contributed by atoms with Crippen molar-refractivity contribution in [3.8, 4) is 5.88 Å². The molecule has 2 rings (SSSR count). The molecule has 0 saturated heterocycles. The minimum atomic E-state index is -4.97. The largest absolute Gasteiger partial charge is 0.417 e. The van der Waals surface area contributed by atoms with Gasteiger partial charge in [-0.15, -0.1) is 0 Å². The minimum Gasteiger partial charge on any atom is -0.417 e. The van der Waals surface area contributed by atoms with E-state index >= 15 is 0 Å². The van der Waals surface area contributed by atoms with Gasteiger partial charge in [-0.3, -0.25) is 0 Å². The van der Waals surface area contributed by atoms with E-state index in [0.717, 1.165) is 4.68 Å². The lowest BCUT2D eigenvalue weighted by atomic mass is 10.1. The normalized spacial score (nSPS) is 21.5. The third-order valence-corrected chi connectivity index (χ3v) is 5.05. The van der Waals surface area contributed by atoms with Gasteiger partial charge in [-0.05, 0) is 20.8 Å². The van der Waals surface area contributed by atoms with Crippen LogP contribution in [0.2, 0.25) is 0 Å². The molecule has 2 heterocycles. The molecule has 0 N–H and O–H groups in total. The fourth-order valence-corrected chi connectivity index (χ4v) is 3.66. The summed E-state index contributed by atoms with van der Waals surface area (Å²) in [6.07, 6.45) is -2.21. The Morgan fingerprint density at radius 1 is 1.33 bits per heavy atom. The van der Waals surface area contributed by atoms with E-state index in [1.165, 1.54) is 27.8 Å². The van der Waals surface area contributed by atoms with Gasteiger partial charge in [-0.1, -0.05) is 5.16 Å². The number of aryl methyl sites for hydroxylation is 2. The summed E-state index contributed by atoms with van der Waals surface area (Å²) in [6.45, 7) is 0.350. The van der Waals surface area contributed by atoms with Gasteiger partial charge < -0.3 is 9.57 Å². The first-order valence-electron chi connectivity index (χ1n) is 6.66. The lowest BCUT2D eigenvalue weighted by molar-refractivity contribution is -0.0562. The molecule has 136 valence electrons. The number of hydrogen-bond donors (Lipinski definition) is 0. The molecule has 0 amide bonds. The molecule has 0 spiro atoms. The summed E-state index contributed by atoms with van der Waals surface area (Å²) in [4.78, 5) is 4.66. The third kappa shape index (κ3) is 2.94. The van der Waals surface area contributed by atoms with E-state index in [0.29, 0.717) is 0 Å². The van der Waals surface area contributed by atoms with Crippen LogP contribution in [-0.2, 0) is 21.7 Å². The van der Waals surface area contributed by atoms with Crippen LogP contribution >= 0.6 is 0 Å². The monoisotopic (exact) mass is 373 g/mol. The number of alkyl halides is 4. The molecule has 12 heteroatoms. The van der Waals surface area contributed by atoms with Gasteiger partial charge in [0.25, 0.3) is 0 Å². The maximum absolute atomic E-state index is 14.7. The van der Waals surface area contributed by atoms with Crippen molar-refractivity contribution in [1.29, 1.82) is 0 Å². The van der Waals surface area contributed by atoms with Crippen LogP contribution in [0.4, 0.5) is 17.6 Å². The third-order valence-electron chi connectivity index (χ3n) is 3.40. The average molecular weight is 373 g/mol. The molecular formula is C12H15F4N3O4S. The molecule has 24 heavy (non-hydrogen) atoms. The van der Waals surface area contributed by atoms with Gasteiger partial charge in [0.1, 0.15) is 0 Å². The quantitative estimate of drug-likeness (QED) is 0.756. The highest BCUT2D eigenvalue weighted by Gasteiger charge is 2.51. The van der Waals surface area contributed by atoms with Crippen molar-refractivity contribution in [2.45, 2.75) is 44.7 Å². The van der Waals surface area contributed by atoms with Gasteiger partial charge in [-0.2, -0.15) is 13.9 Å². The SMILES string of the molecule is Cc1nn(C)c(OC(F)F)c1C(F)S(=O)(=O)C1=NOC(C)(C)C1F. The molecule has 0 radical (unpaired) electrons. The van der Waals surface area contributed by atoms with Crippen molar-refractivity contribution in [1.82, 2.24) is 9.78 Å². The number of aromatic nitrogens is 2. The number of rotatable bonds is 4. The summed E-state index contributed by atoms with van der Waals surface area (Å²) >= 11 is 0. The van der Waals surface area contributed by atoms with Crippen LogP contribution in [0.5, 0.6) is 5.88 Å². The van der Waals surface area contributed by atoms with Gasteiger partial charge in [0.05, 0.1) is 11.3 Å². The molecule has 0 fully saturated rings. The first-order valence-corrected chi connectivity index (χ1v) is 8.20. The van der Waals surface area contributed by atoms with Crippen LogP contribution < -0.4 is 4.74 Å². The van der Waals surface area contributed by atoms with Crippen LogP contribution in [-0.4, -0.2) is 41.6 Å². The number of oxime groups is 1. The van der Waals surface area contributed by atoms with E-state index in [-0.39, 0.29) is 5.69 Å². The van der Waals surface area contributed by atoms with Crippen molar-refractivity contribution >= 4 is 14.9 Å². The Hall–Kier alpha value is -1.85.